The minimum absolute atomic E-state index is 0.155. The topological polar surface area (TPSA) is 111 Å². The average Bonchev–Trinajstić information content (AvgIpc) is 2.45. The lowest BCUT2D eigenvalue weighted by molar-refractivity contribution is -0.142. The Morgan fingerprint density at radius 3 is 2.55 bits per heavy atom. The van der Waals surface area contributed by atoms with Crippen LogP contribution in [-0.2, 0) is 4.79 Å². The molecule has 0 saturated heterocycles. The first kappa shape index (κ1) is 16.0. The molecule has 0 amide bonds. The minimum Gasteiger partial charge on any atom is -0.493 e. The Morgan fingerprint density at radius 2 is 2.05 bits per heavy atom. The van der Waals surface area contributed by atoms with Crippen molar-refractivity contribution in [1.82, 2.24) is 0 Å². The normalized spacial score (nSPS) is 13.0. The maximum Gasteiger partial charge on any atom is 0.309 e. The summed E-state index contributed by atoms with van der Waals surface area (Å²) in [5.74, 6) is -0.299. The summed E-state index contributed by atoms with van der Waals surface area (Å²) in [6.07, 6.45) is 0.534. The summed E-state index contributed by atoms with van der Waals surface area (Å²) in [5.41, 5.74) is 11.9. The van der Waals surface area contributed by atoms with Crippen molar-refractivity contribution < 1.29 is 14.6 Å². The Bertz CT molecular complexity index is 457. The third-order valence-electron chi connectivity index (χ3n) is 2.85. The van der Waals surface area contributed by atoms with E-state index in [1.54, 1.807) is 24.3 Å². The summed E-state index contributed by atoms with van der Waals surface area (Å²) in [4.78, 5) is 15.0. The molecule has 1 aromatic rings. The third-order valence-corrected chi connectivity index (χ3v) is 2.85. The van der Waals surface area contributed by atoms with Gasteiger partial charge in [-0.1, -0.05) is 6.92 Å². The number of nitrogens with zero attached hydrogens (tertiary/aromatic N) is 1. The van der Waals surface area contributed by atoms with Gasteiger partial charge in [-0.05, 0) is 30.7 Å². The lowest BCUT2D eigenvalue weighted by Crippen LogP contribution is -2.20. The van der Waals surface area contributed by atoms with E-state index in [9.17, 15) is 4.79 Å². The van der Waals surface area contributed by atoms with E-state index in [1.807, 2.05) is 6.92 Å². The fourth-order valence-electron chi connectivity index (χ4n) is 1.56. The van der Waals surface area contributed by atoms with Gasteiger partial charge in [-0.2, -0.15) is 0 Å². The maximum absolute atomic E-state index is 10.9. The van der Waals surface area contributed by atoms with Crippen LogP contribution in [0.1, 0.15) is 18.9 Å². The van der Waals surface area contributed by atoms with Gasteiger partial charge in [-0.15, -0.1) is 0 Å². The predicted octanol–water partition coefficient (Wildman–Crippen LogP) is 0.840. The van der Waals surface area contributed by atoms with E-state index < -0.39 is 11.9 Å². The second-order valence-electron chi connectivity index (χ2n) is 4.33. The Morgan fingerprint density at radius 1 is 1.40 bits per heavy atom. The number of rotatable bonds is 8. The van der Waals surface area contributed by atoms with Crippen molar-refractivity contribution in [3.05, 3.63) is 29.8 Å². The highest BCUT2D eigenvalue weighted by atomic mass is 16.5. The van der Waals surface area contributed by atoms with Crippen molar-refractivity contribution in [3.63, 3.8) is 0 Å². The molecule has 0 bridgehead atoms. The number of aliphatic carboxylic acids is 1. The van der Waals surface area contributed by atoms with Crippen LogP contribution in [0.25, 0.3) is 0 Å². The van der Waals surface area contributed by atoms with Crippen molar-refractivity contribution in [1.29, 1.82) is 0 Å². The standard InChI is InChI=1S/C14H21N3O3/c1-2-10(14(18)19)9-20-12-5-3-11(4-6-12)13(16)17-8-7-15/h3-6,10H,2,7-9,15H2,1H3,(H2,16,17)(H,18,19)/t10-/m1/s1. The molecular weight excluding hydrogens is 258 g/mol. The van der Waals surface area contributed by atoms with E-state index in [2.05, 4.69) is 4.99 Å². The molecule has 0 aliphatic heterocycles. The number of carbonyl (C=O) groups is 1. The first-order chi connectivity index (χ1) is 9.58. The van der Waals surface area contributed by atoms with Crippen molar-refractivity contribution in [2.24, 2.45) is 22.4 Å². The number of carboxylic acids is 1. The molecule has 6 heteroatoms. The SMILES string of the molecule is CC[C@H](COc1ccc(C(N)=NCCN)cc1)C(=O)O. The van der Waals surface area contributed by atoms with Gasteiger partial charge in [0, 0.05) is 12.1 Å². The van der Waals surface area contributed by atoms with Crippen LogP contribution < -0.4 is 16.2 Å². The lowest BCUT2D eigenvalue weighted by atomic mass is 10.1. The molecule has 0 radical (unpaired) electrons. The van der Waals surface area contributed by atoms with Gasteiger partial charge < -0.3 is 21.3 Å². The summed E-state index contributed by atoms with van der Waals surface area (Å²) >= 11 is 0. The Balaban J connectivity index is 2.60. The molecule has 20 heavy (non-hydrogen) atoms. The molecule has 0 aliphatic rings. The number of hydrogen-bond donors (Lipinski definition) is 3. The molecule has 0 aromatic heterocycles. The quantitative estimate of drug-likeness (QED) is 0.482. The summed E-state index contributed by atoms with van der Waals surface area (Å²) < 4.78 is 5.45. The zero-order chi connectivity index (χ0) is 15.0. The summed E-state index contributed by atoms with van der Waals surface area (Å²) in [7, 11) is 0. The molecule has 0 fully saturated rings. The number of amidine groups is 1. The van der Waals surface area contributed by atoms with Gasteiger partial charge >= 0.3 is 5.97 Å². The fourth-order valence-corrected chi connectivity index (χ4v) is 1.56. The highest BCUT2D eigenvalue weighted by Gasteiger charge is 2.15. The number of ether oxygens (including phenoxy) is 1. The van der Waals surface area contributed by atoms with Gasteiger partial charge in [0.25, 0.3) is 0 Å². The van der Waals surface area contributed by atoms with Crippen LogP contribution >= 0.6 is 0 Å². The van der Waals surface area contributed by atoms with Crippen LogP contribution in [-0.4, -0.2) is 36.6 Å². The molecule has 0 heterocycles. The molecule has 1 rings (SSSR count). The summed E-state index contributed by atoms with van der Waals surface area (Å²) in [5, 5.41) is 8.93. The van der Waals surface area contributed by atoms with Gasteiger partial charge in [0.1, 0.15) is 18.2 Å². The molecule has 1 aromatic carbocycles. The van der Waals surface area contributed by atoms with Gasteiger partial charge in [-0.25, -0.2) is 0 Å². The average molecular weight is 279 g/mol. The Labute approximate surface area is 118 Å². The smallest absolute Gasteiger partial charge is 0.309 e. The van der Waals surface area contributed by atoms with E-state index in [1.165, 1.54) is 0 Å². The highest BCUT2D eigenvalue weighted by Crippen LogP contribution is 2.14. The molecular formula is C14H21N3O3. The minimum atomic E-state index is -0.845. The van der Waals surface area contributed by atoms with Gasteiger partial charge in [0.2, 0.25) is 0 Å². The highest BCUT2D eigenvalue weighted by molar-refractivity contribution is 5.97. The maximum atomic E-state index is 10.9. The molecule has 1 atom stereocenters. The molecule has 110 valence electrons. The molecule has 0 unspecified atom stereocenters. The van der Waals surface area contributed by atoms with Crippen LogP contribution in [0.5, 0.6) is 5.75 Å². The van der Waals surface area contributed by atoms with Gasteiger partial charge in [-0.3, -0.25) is 9.79 Å². The van der Waals surface area contributed by atoms with Crippen LogP contribution in [0.4, 0.5) is 0 Å². The largest absolute Gasteiger partial charge is 0.493 e. The third kappa shape index (κ3) is 4.89. The molecule has 5 N–H and O–H groups in total. The number of carboxylic acid groups (broad SMARTS) is 1. The van der Waals surface area contributed by atoms with E-state index in [-0.39, 0.29) is 6.61 Å². The molecule has 6 nitrogen and oxygen atoms in total. The van der Waals surface area contributed by atoms with Crippen molar-refractivity contribution >= 4 is 11.8 Å². The Hall–Kier alpha value is -2.08. The van der Waals surface area contributed by atoms with Crippen molar-refractivity contribution in [2.75, 3.05) is 19.7 Å². The number of aliphatic imine (C=N–C) groups is 1. The first-order valence-electron chi connectivity index (χ1n) is 6.54. The van der Waals surface area contributed by atoms with Crippen molar-refractivity contribution in [2.45, 2.75) is 13.3 Å². The van der Waals surface area contributed by atoms with E-state index >= 15 is 0 Å². The zero-order valence-corrected chi connectivity index (χ0v) is 11.6. The zero-order valence-electron chi connectivity index (χ0n) is 11.6. The number of hydrogen-bond acceptors (Lipinski definition) is 4. The first-order valence-corrected chi connectivity index (χ1v) is 6.54. The van der Waals surface area contributed by atoms with Crippen LogP contribution in [0, 0.1) is 5.92 Å². The molecule has 0 spiro atoms. The Kier molecular flexibility index (Phi) is 6.52. The lowest BCUT2D eigenvalue weighted by Gasteiger charge is -2.12. The summed E-state index contributed by atoms with van der Waals surface area (Å²) in [6, 6.07) is 7.06. The van der Waals surface area contributed by atoms with Crippen molar-refractivity contribution in [3.8, 4) is 5.75 Å². The number of benzene rings is 1. The van der Waals surface area contributed by atoms with Crippen LogP contribution in [0.15, 0.2) is 29.3 Å². The van der Waals surface area contributed by atoms with E-state index in [0.29, 0.717) is 31.1 Å². The monoisotopic (exact) mass is 279 g/mol. The molecule has 0 saturated carbocycles. The van der Waals surface area contributed by atoms with Crippen LogP contribution in [0.3, 0.4) is 0 Å². The second kappa shape index (κ2) is 8.16. The van der Waals surface area contributed by atoms with E-state index in [4.69, 9.17) is 21.3 Å². The second-order valence-corrected chi connectivity index (χ2v) is 4.33. The van der Waals surface area contributed by atoms with Gasteiger partial charge in [0.15, 0.2) is 0 Å². The predicted molar refractivity (Wildman–Crippen MR) is 78.0 cm³/mol. The molecule has 0 aliphatic carbocycles. The van der Waals surface area contributed by atoms with E-state index in [0.717, 1.165) is 5.56 Å². The fraction of sp³-hybridized carbons (Fsp3) is 0.429. The number of nitrogens with two attached hydrogens (primary N) is 2. The van der Waals surface area contributed by atoms with Gasteiger partial charge in [0.05, 0.1) is 12.5 Å². The summed E-state index contributed by atoms with van der Waals surface area (Å²) in [6.45, 7) is 2.91. The van der Waals surface area contributed by atoms with Crippen LogP contribution in [0.2, 0.25) is 0 Å².